The van der Waals surface area contributed by atoms with Crippen molar-refractivity contribution in [2.24, 2.45) is 0 Å². The number of aromatic nitrogens is 1. The first kappa shape index (κ1) is 13.7. The maximum absolute atomic E-state index is 11.7. The molecule has 0 aliphatic rings. The summed E-state index contributed by atoms with van der Waals surface area (Å²) in [5.41, 5.74) is 0.103. The lowest BCUT2D eigenvalue weighted by molar-refractivity contribution is -0.139. The summed E-state index contributed by atoms with van der Waals surface area (Å²) in [5.74, 6) is -1.69. The maximum Gasteiger partial charge on any atom is 0.326 e. The lowest BCUT2D eigenvalue weighted by Crippen LogP contribution is -2.40. The van der Waals surface area contributed by atoms with E-state index in [9.17, 15) is 9.59 Å². The molecule has 0 aromatic carbocycles. The highest BCUT2D eigenvalue weighted by molar-refractivity contribution is 6.35. The second-order valence-corrected chi connectivity index (χ2v) is 4.05. The topological polar surface area (TPSA) is 79.3 Å². The van der Waals surface area contributed by atoms with E-state index < -0.39 is 17.9 Å². The quantitative estimate of drug-likeness (QED) is 0.825. The minimum Gasteiger partial charge on any atom is -0.480 e. The number of nitrogens with one attached hydrogen (secondary N) is 1. The number of aliphatic carboxylic acids is 1. The van der Waals surface area contributed by atoms with Crippen molar-refractivity contribution in [3.63, 3.8) is 0 Å². The first-order chi connectivity index (χ1) is 7.95. The molecule has 2 N–H and O–H groups in total. The Morgan fingerprint density at radius 3 is 2.71 bits per heavy atom. The van der Waals surface area contributed by atoms with Crippen LogP contribution < -0.4 is 5.32 Å². The van der Waals surface area contributed by atoms with E-state index in [2.05, 4.69) is 10.3 Å². The summed E-state index contributed by atoms with van der Waals surface area (Å²) in [7, 11) is 0. The van der Waals surface area contributed by atoms with Crippen molar-refractivity contribution in [2.45, 2.75) is 19.4 Å². The van der Waals surface area contributed by atoms with E-state index in [1.807, 2.05) is 0 Å². The molecule has 0 aliphatic carbocycles. The maximum atomic E-state index is 11.7. The molecule has 0 saturated carbocycles. The zero-order chi connectivity index (χ0) is 13.0. The summed E-state index contributed by atoms with van der Waals surface area (Å²) in [6, 6.07) is 0.332. The van der Waals surface area contributed by atoms with Crippen molar-refractivity contribution >= 4 is 35.1 Å². The van der Waals surface area contributed by atoms with Crippen molar-refractivity contribution in [3.8, 4) is 0 Å². The normalized spacial score (nSPS) is 11.9. The number of carbonyl (C=O) groups is 2. The van der Waals surface area contributed by atoms with Gasteiger partial charge in [0.2, 0.25) is 0 Å². The largest absolute Gasteiger partial charge is 0.480 e. The smallest absolute Gasteiger partial charge is 0.326 e. The molecular weight excluding hydrogens is 267 g/mol. The van der Waals surface area contributed by atoms with E-state index in [-0.39, 0.29) is 22.2 Å². The fraction of sp³-hybridized carbons (Fsp3) is 0.300. The third-order valence-corrected chi connectivity index (χ3v) is 2.59. The van der Waals surface area contributed by atoms with Crippen LogP contribution in [-0.2, 0) is 4.79 Å². The summed E-state index contributed by atoms with van der Waals surface area (Å²) in [6.45, 7) is 1.65. The molecule has 0 unspecified atom stereocenters. The number of hydrogen-bond acceptors (Lipinski definition) is 3. The number of carboxylic acids is 1. The number of carbonyl (C=O) groups excluding carboxylic acids is 1. The third kappa shape index (κ3) is 3.57. The Bertz CT molecular complexity index is 451. The van der Waals surface area contributed by atoms with Crippen molar-refractivity contribution in [1.29, 1.82) is 0 Å². The zero-order valence-corrected chi connectivity index (χ0v) is 10.4. The van der Waals surface area contributed by atoms with Gasteiger partial charge in [-0.15, -0.1) is 0 Å². The first-order valence-corrected chi connectivity index (χ1v) is 5.56. The van der Waals surface area contributed by atoms with Crippen molar-refractivity contribution in [1.82, 2.24) is 10.3 Å². The van der Waals surface area contributed by atoms with E-state index >= 15 is 0 Å². The van der Waals surface area contributed by atoms with E-state index in [0.717, 1.165) is 0 Å². The molecule has 5 nitrogen and oxygen atoms in total. The van der Waals surface area contributed by atoms with E-state index in [1.54, 1.807) is 6.92 Å². The highest BCUT2D eigenvalue weighted by Crippen LogP contribution is 2.18. The number of carboxylic acid groups (broad SMARTS) is 1. The molecule has 0 radical (unpaired) electrons. The van der Waals surface area contributed by atoms with E-state index in [1.165, 1.54) is 12.3 Å². The highest BCUT2D eigenvalue weighted by Gasteiger charge is 2.20. The number of amides is 1. The number of hydrogen-bond donors (Lipinski definition) is 2. The second-order valence-electron chi connectivity index (χ2n) is 3.26. The molecule has 1 atom stereocenters. The molecule has 17 heavy (non-hydrogen) atoms. The lowest BCUT2D eigenvalue weighted by Gasteiger charge is -2.12. The Hall–Kier alpha value is -1.33. The second kappa shape index (κ2) is 5.84. The predicted octanol–water partition coefficient (Wildman–Crippen LogP) is 1.98. The van der Waals surface area contributed by atoms with Crippen LogP contribution in [0.5, 0.6) is 0 Å². The average Bonchev–Trinajstić information content (AvgIpc) is 2.28. The van der Waals surface area contributed by atoms with Crippen LogP contribution in [0.3, 0.4) is 0 Å². The predicted molar refractivity (Wildman–Crippen MR) is 63.4 cm³/mol. The Balaban J connectivity index is 2.89. The van der Waals surface area contributed by atoms with Crippen LogP contribution in [0.4, 0.5) is 0 Å². The standard InChI is InChI=1S/C10H10Cl2N2O3/c1-2-7(10(16)17)14-9(15)5-3-8(12)13-4-6(5)11/h3-4,7H,2H2,1H3,(H,14,15)(H,16,17)/t7-/m0/s1. The van der Waals surface area contributed by atoms with Crippen LogP contribution in [0, 0.1) is 0 Å². The van der Waals surface area contributed by atoms with Gasteiger partial charge in [-0.2, -0.15) is 0 Å². The lowest BCUT2D eigenvalue weighted by atomic mass is 10.2. The van der Waals surface area contributed by atoms with Crippen molar-refractivity contribution in [2.75, 3.05) is 0 Å². The summed E-state index contributed by atoms with van der Waals surface area (Å²) >= 11 is 11.4. The molecule has 0 fully saturated rings. The Labute approximate surface area is 108 Å². The number of nitrogens with zero attached hydrogens (tertiary/aromatic N) is 1. The Kier molecular flexibility index (Phi) is 4.72. The zero-order valence-electron chi connectivity index (χ0n) is 8.91. The molecule has 0 saturated heterocycles. The number of rotatable bonds is 4. The van der Waals surface area contributed by atoms with Gasteiger partial charge in [0.25, 0.3) is 5.91 Å². The van der Waals surface area contributed by atoms with Gasteiger partial charge in [0, 0.05) is 6.20 Å². The summed E-state index contributed by atoms with van der Waals surface area (Å²) in [4.78, 5) is 26.2. The first-order valence-electron chi connectivity index (χ1n) is 4.80. The molecule has 92 valence electrons. The summed E-state index contributed by atoms with van der Waals surface area (Å²) in [6.07, 6.45) is 1.51. The van der Waals surface area contributed by atoms with Gasteiger partial charge in [-0.05, 0) is 12.5 Å². The molecule has 1 rings (SSSR count). The van der Waals surface area contributed by atoms with Gasteiger partial charge in [-0.1, -0.05) is 30.1 Å². The van der Waals surface area contributed by atoms with Gasteiger partial charge in [0.05, 0.1) is 10.6 Å². The number of halogens is 2. The van der Waals surface area contributed by atoms with Crippen LogP contribution in [0.25, 0.3) is 0 Å². The monoisotopic (exact) mass is 276 g/mol. The fourth-order valence-corrected chi connectivity index (χ4v) is 1.51. The Morgan fingerprint density at radius 1 is 1.53 bits per heavy atom. The van der Waals surface area contributed by atoms with Crippen LogP contribution in [0.1, 0.15) is 23.7 Å². The van der Waals surface area contributed by atoms with Crippen molar-refractivity contribution in [3.05, 3.63) is 28.0 Å². The van der Waals surface area contributed by atoms with Crippen LogP contribution >= 0.6 is 23.2 Å². The van der Waals surface area contributed by atoms with Crippen LogP contribution in [0.15, 0.2) is 12.3 Å². The van der Waals surface area contributed by atoms with Crippen LogP contribution in [-0.4, -0.2) is 28.0 Å². The molecule has 1 aromatic rings. The SMILES string of the molecule is CC[C@H](NC(=O)c1cc(Cl)ncc1Cl)C(=O)O. The van der Waals surface area contributed by atoms with Gasteiger partial charge in [0.1, 0.15) is 11.2 Å². The van der Waals surface area contributed by atoms with Gasteiger partial charge in [-0.25, -0.2) is 9.78 Å². The summed E-state index contributed by atoms with van der Waals surface area (Å²) in [5, 5.41) is 11.4. The van der Waals surface area contributed by atoms with Crippen molar-refractivity contribution < 1.29 is 14.7 Å². The molecule has 7 heteroatoms. The van der Waals surface area contributed by atoms with E-state index in [0.29, 0.717) is 0 Å². The van der Waals surface area contributed by atoms with E-state index in [4.69, 9.17) is 28.3 Å². The van der Waals surface area contributed by atoms with Gasteiger partial charge in [-0.3, -0.25) is 4.79 Å². The molecule has 0 bridgehead atoms. The minimum absolute atomic E-state index is 0.103. The van der Waals surface area contributed by atoms with Crippen LogP contribution in [0.2, 0.25) is 10.2 Å². The Morgan fingerprint density at radius 2 is 2.18 bits per heavy atom. The van der Waals surface area contributed by atoms with Gasteiger partial charge < -0.3 is 10.4 Å². The molecule has 0 aliphatic heterocycles. The minimum atomic E-state index is -1.10. The summed E-state index contributed by atoms with van der Waals surface area (Å²) < 4.78 is 0. The van der Waals surface area contributed by atoms with Gasteiger partial charge >= 0.3 is 5.97 Å². The number of pyridine rings is 1. The average molecular weight is 277 g/mol. The highest BCUT2D eigenvalue weighted by atomic mass is 35.5. The molecule has 1 heterocycles. The molecule has 0 spiro atoms. The third-order valence-electron chi connectivity index (χ3n) is 2.08. The molecular formula is C10H10Cl2N2O3. The molecule has 1 aromatic heterocycles. The molecule has 1 amide bonds. The fourth-order valence-electron chi connectivity index (χ4n) is 1.16. The van der Waals surface area contributed by atoms with Gasteiger partial charge in [0.15, 0.2) is 0 Å².